The molecule has 2 aromatic heterocycles. The lowest BCUT2D eigenvalue weighted by atomic mass is 10.1. The van der Waals surface area contributed by atoms with Crippen LogP contribution in [0, 0.1) is 6.92 Å². The molecule has 0 amide bonds. The van der Waals surface area contributed by atoms with Crippen molar-refractivity contribution >= 4 is 37.9 Å². The van der Waals surface area contributed by atoms with Gasteiger partial charge >= 0.3 is 0 Å². The molecular weight excluding hydrogens is 442 g/mol. The Balaban J connectivity index is 1.95. The summed E-state index contributed by atoms with van der Waals surface area (Å²) in [6.07, 6.45) is 3.15. The van der Waals surface area contributed by atoms with Crippen molar-refractivity contribution in [3.63, 3.8) is 0 Å². The standard InChI is InChI=1S/C24H26BrN3O2/c1-5-6-7-22-27-23-15(2)26-20-12-17(25)9-11-19(20)24(23)28(22)14-16-8-10-18(29-3)13-21(16)30-4/h8-13H,5-7,14H2,1-4H3. The summed E-state index contributed by atoms with van der Waals surface area (Å²) < 4.78 is 14.4. The van der Waals surface area contributed by atoms with Gasteiger partial charge in [0.2, 0.25) is 0 Å². The summed E-state index contributed by atoms with van der Waals surface area (Å²) >= 11 is 3.57. The number of imidazole rings is 1. The van der Waals surface area contributed by atoms with Crippen LogP contribution in [0.25, 0.3) is 21.9 Å². The van der Waals surface area contributed by atoms with E-state index in [1.807, 2.05) is 19.1 Å². The molecule has 2 heterocycles. The van der Waals surface area contributed by atoms with Gasteiger partial charge in [-0.1, -0.05) is 29.3 Å². The van der Waals surface area contributed by atoms with Crippen molar-refractivity contribution < 1.29 is 9.47 Å². The summed E-state index contributed by atoms with van der Waals surface area (Å²) in [5.41, 5.74) is 5.13. The van der Waals surface area contributed by atoms with Crippen LogP contribution in [0.15, 0.2) is 40.9 Å². The third-order valence-electron chi connectivity index (χ3n) is 5.47. The Kier molecular flexibility index (Phi) is 5.95. The van der Waals surface area contributed by atoms with Crippen molar-refractivity contribution in [2.75, 3.05) is 14.2 Å². The van der Waals surface area contributed by atoms with Crippen LogP contribution >= 0.6 is 15.9 Å². The van der Waals surface area contributed by atoms with Gasteiger partial charge in [0.15, 0.2) is 0 Å². The fraction of sp³-hybridized carbons (Fsp3) is 0.333. The second-order valence-corrected chi connectivity index (χ2v) is 8.37. The van der Waals surface area contributed by atoms with E-state index in [0.717, 1.165) is 74.3 Å². The quantitative estimate of drug-likeness (QED) is 0.331. The van der Waals surface area contributed by atoms with Crippen molar-refractivity contribution in [3.05, 3.63) is 58.0 Å². The molecule has 0 saturated carbocycles. The molecule has 30 heavy (non-hydrogen) atoms. The van der Waals surface area contributed by atoms with Gasteiger partial charge in [-0.2, -0.15) is 0 Å². The average Bonchev–Trinajstić information content (AvgIpc) is 3.11. The van der Waals surface area contributed by atoms with E-state index in [1.165, 1.54) is 0 Å². The number of nitrogens with zero attached hydrogens (tertiary/aromatic N) is 3. The fourth-order valence-corrected chi connectivity index (χ4v) is 4.25. The Labute approximate surface area is 185 Å². The lowest BCUT2D eigenvalue weighted by Gasteiger charge is -2.14. The van der Waals surface area contributed by atoms with E-state index >= 15 is 0 Å². The molecule has 0 N–H and O–H groups in total. The first-order valence-corrected chi connectivity index (χ1v) is 11.0. The number of halogens is 1. The number of hydrogen-bond acceptors (Lipinski definition) is 4. The van der Waals surface area contributed by atoms with Gasteiger partial charge in [0.25, 0.3) is 0 Å². The number of hydrogen-bond donors (Lipinski definition) is 0. The summed E-state index contributed by atoms with van der Waals surface area (Å²) in [6, 6.07) is 12.2. The second kappa shape index (κ2) is 8.64. The minimum Gasteiger partial charge on any atom is -0.497 e. The Morgan fingerprint density at radius 1 is 1.03 bits per heavy atom. The highest BCUT2D eigenvalue weighted by Gasteiger charge is 2.18. The molecule has 5 nitrogen and oxygen atoms in total. The van der Waals surface area contributed by atoms with Crippen molar-refractivity contribution in [2.24, 2.45) is 0 Å². The molecule has 0 bridgehead atoms. The zero-order valence-electron chi connectivity index (χ0n) is 17.8. The number of aryl methyl sites for hydroxylation is 2. The summed E-state index contributed by atoms with van der Waals surface area (Å²) in [7, 11) is 3.37. The first-order valence-electron chi connectivity index (χ1n) is 10.2. The maximum Gasteiger partial charge on any atom is 0.127 e. The number of methoxy groups -OCH3 is 2. The van der Waals surface area contributed by atoms with E-state index < -0.39 is 0 Å². The molecule has 0 fully saturated rings. The zero-order valence-corrected chi connectivity index (χ0v) is 19.4. The smallest absolute Gasteiger partial charge is 0.127 e. The third-order valence-corrected chi connectivity index (χ3v) is 5.96. The van der Waals surface area contributed by atoms with Crippen LogP contribution in [0.4, 0.5) is 0 Å². The SMILES string of the molecule is CCCCc1nc2c(C)nc3cc(Br)ccc3c2n1Cc1ccc(OC)cc1OC. The maximum atomic E-state index is 5.66. The van der Waals surface area contributed by atoms with Crippen LogP contribution < -0.4 is 9.47 Å². The van der Waals surface area contributed by atoms with E-state index in [4.69, 9.17) is 19.4 Å². The molecule has 4 rings (SSSR count). The molecule has 6 heteroatoms. The van der Waals surface area contributed by atoms with Crippen LogP contribution in [-0.4, -0.2) is 28.8 Å². The first kappa shape index (κ1) is 20.7. The average molecular weight is 468 g/mol. The highest BCUT2D eigenvalue weighted by molar-refractivity contribution is 9.10. The molecule has 4 aromatic rings. The summed E-state index contributed by atoms with van der Waals surface area (Å²) in [5, 5.41) is 1.11. The number of benzene rings is 2. The van der Waals surface area contributed by atoms with Gasteiger partial charge in [0, 0.05) is 27.9 Å². The molecule has 0 spiro atoms. The van der Waals surface area contributed by atoms with Crippen molar-refractivity contribution in [3.8, 4) is 11.5 Å². The predicted molar refractivity (Wildman–Crippen MR) is 125 cm³/mol. The first-order chi connectivity index (χ1) is 14.5. The van der Waals surface area contributed by atoms with Gasteiger partial charge in [0.05, 0.1) is 37.5 Å². The van der Waals surface area contributed by atoms with E-state index in [0.29, 0.717) is 6.54 Å². The van der Waals surface area contributed by atoms with Gasteiger partial charge in [-0.05, 0) is 43.7 Å². The minimum atomic E-state index is 0.678. The van der Waals surface area contributed by atoms with Crippen LogP contribution in [0.1, 0.15) is 36.8 Å². The molecule has 2 aromatic carbocycles. The highest BCUT2D eigenvalue weighted by atomic mass is 79.9. The Morgan fingerprint density at radius 2 is 1.87 bits per heavy atom. The van der Waals surface area contributed by atoms with Crippen LogP contribution in [0.5, 0.6) is 11.5 Å². The molecule has 0 aliphatic rings. The maximum absolute atomic E-state index is 5.66. The topological polar surface area (TPSA) is 49.2 Å². The van der Waals surface area contributed by atoms with Crippen molar-refractivity contribution in [2.45, 2.75) is 39.7 Å². The Morgan fingerprint density at radius 3 is 2.60 bits per heavy atom. The fourth-order valence-electron chi connectivity index (χ4n) is 3.90. The molecule has 0 saturated heterocycles. The number of unbranched alkanes of at least 4 members (excludes halogenated alkanes) is 1. The molecular formula is C24H26BrN3O2. The molecule has 0 atom stereocenters. The van der Waals surface area contributed by atoms with Crippen molar-refractivity contribution in [1.82, 2.24) is 14.5 Å². The summed E-state index contributed by atoms with van der Waals surface area (Å²) in [6.45, 7) is 4.92. The van der Waals surface area contributed by atoms with E-state index in [2.05, 4.69) is 51.7 Å². The Hall–Kier alpha value is -2.60. The van der Waals surface area contributed by atoms with Gasteiger partial charge in [-0.15, -0.1) is 0 Å². The number of rotatable bonds is 7. The van der Waals surface area contributed by atoms with E-state index in [-0.39, 0.29) is 0 Å². The summed E-state index contributed by atoms with van der Waals surface area (Å²) in [4.78, 5) is 9.85. The lowest BCUT2D eigenvalue weighted by molar-refractivity contribution is 0.390. The second-order valence-electron chi connectivity index (χ2n) is 7.45. The minimum absolute atomic E-state index is 0.678. The predicted octanol–water partition coefficient (Wildman–Crippen LogP) is 6.06. The molecule has 0 aliphatic carbocycles. The highest BCUT2D eigenvalue weighted by Crippen LogP contribution is 2.32. The van der Waals surface area contributed by atoms with Crippen molar-refractivity contribution in [1.29, 1.82) is 0 Å². The number of pyridine rings is 1. The molecule has 156 valence electrons. The zero-order chi connectivity index (χ0) is 21.3. The largest absolute Gasteiger partial charge is 0.497 e. The number of ether oxygens (including phenoxy) is 2. The van der Waals surface area contributed by atoms with E-state index in [9.17, 15) is 0 Å². The monoisotopic (exact) mass is 467 g/mol. The van der Waals surface area contributed by atoms with Gasteiger partial charge < -0.3 is 14.0 Å². The summed E-state index contributed by atoms with van der Waals surface area (Å²) in [5.74, 6) is 2.69. The van der Waals surface area contributed by atoms with E-state index in [1.54, 1.807) is 14.2 Å². The third kappa shape index (κ3) is 3.76. The Bertz CT molecular complexity index is 1220. The lowest BCUT2D eigenvalue weighted by Crippen LogP contribution is -2.07. The molecule has 0 aliphatic heterocycles. The molecule has 0 radical (unpaired) electrons. The van der Waals surface area contributed by atoms with Crippen LogP contribution in [0.2, 0.25) is 0 Å². The normalized spacial score (nSPS) is 11.4. The van der Waals surface area contributed by atoms with Crippen LogP contribution in [-0.2, 0) is 13.0 Å². The van der Waals surface area contributed by atoms with Gasteiger partial charge in [0.1, 0.15) is 22.8 Å². The number of fused-ring (bicyclic) bond motifs is 3. The van der Waals surface area contributed by atoms with Crippen LogP contribution in [0.3, 0.4) is 0 Å². The number of aromatic nitrogens is 3. The van der Waals surface area contributed by atoms with Gasteiger partial charge in [-0.3, -0.25) is 4.98 Å². The molecule has 0 unspecified atom stereocenters. The van der Waals surface area contributed by atoms with Gasteiger partial charge in [-0.25, -0.2) is 4.98 Å².